The molecule has 1 aliphatic heterocycles. The first kappa shape index (κ1) is 20.6. The molecule has 5 heteroatoms. The minimum absolute atomic E-state index is 0.0949. The number of anilines is 1. The highest BCUT2D eigenvalue weighted by molar-refractivity contribution is 5.62. The maximum atomic E-state index is 11.8. The molecule has 0 bridgehead atoms. The Morgan fingerprint density at radius 3 is 2.17 bits per heavy atom. The average molecular weight is 393 g/mol. The number of fused-ring (bicyclic) bond motifs is 1. The fourth-order valence-electron chi connectivity index (χ4n) is 3.44. The van der Waals surface area contributed by atoms with Crippen LogP contribution in [0.15, 0.2) is 66.7 Å². The lowest BCUT2D eigenvalue weighted by molar-refractivity contribution is 0.0244. The molecule has 29 heavy (non-hydrogen) atoms. The van der Waals surface area contributed by atoms with Gasteiger partial charge in [-0.1, -0.05) is 55.8 Å². The van der Waals surface area contributed by atoms with Crippen LogP contribution in [0.4, 0.5) is 5.69 Å². The van der Waals surface area contributed by atoms with Gasteiger partial charge in [-0.2, -0.15) is 0 Å². The van der Waals surface area contributed by atoms with E-state index in [1.54, 1.807) is 36.4 Å². The van der Waals surface area contributed by atoms with Crippen molar-refractivity contribution in [3.05, 3.63) is 83.4 Å². The quantitative estimate of drug-likeness (QED) is 0.467. The van der Waals surface area contributed by atoms with Crippen molar-refractivity contribution in [2.24, 2.45) is 0 Å². The molecular weight excluding hydrogens is 366 g/mol. The van der Waals surface area contributed by atoms with Crippen LogP contribution in [-0.4, -0.2) is 21.9 Å². The van der Waals surface area contributed by atoms with Gasteiger partial charge in [0.25, 0.3) is 0 Å². The van der Waals surface area contributed by atoms with Gasteiger partial charge in [0.05, 0.1) is 11.6 Å². The van der Waals surface area contributed by atoms with Crippen molar-refractivity contribution in [2.75, 3.05) is 11.9 Å². The molecule has 1 aliphatic rings. The largest absolute Gasteiger partial charge is 0.508 e. The number of nitrogens with one attached hydrogen (secondary N) is 1. The lowest BCUT2D eigenvalue weighted by Gasteiger charge is -2.36. The van der Waals surface area contributed by atoms with E-state index in [4.69, 9.17) is 4.74 Å². The Morgan fingerprint density at radius 1 is 0.897 bits per heavy atom. The number of rotatable bonds is 2. The van der Waals surface area contributed by atoms with Crippen molar-refractivity contribution in [1.82, 2.24) is 0 Å². The molecule has 152 valence electrons. The molecule has 4 N–H and O–H groups in total. The molecule has 3 aromatic carbocycles. The van der Waals surface area contributed by atoms with Gasteiger partial charge in [-0.15, -0.1) is 0 Å². The Kier molecular flexibility index (Phi) is 5.99. The van der Waals surface area contributed by atoms with Gasteiger partial charge in [0, 0.05) is 11.6 Å². The SMILES string of the molecule is CC.Cc1ccc(C2(O)Nc3ccc(O)cc3OCC2c2ccc(O)cc2)cc1. The number of hydrogen-bond acceptors (Lipinski definition) is 5. The van der Waals surface area contributed by atoms with Crippen molar-refractivity contribution < 1.29 is 20.1 Å². The minimum Gasteiger partial charge on any atom is -0.508 e. The molecule has 2 atom stereocenters. The standard InChI is InChI=1S/C22H21NO4.C2H6/c1-14-2-6-16(7-3-14)22(26)19(15-4-8-17(24)9-5-15)13-27-21-12-18(25)10-11-20(21)23-22;1-2/h2-12,19,23-26H,13H2,1H3;1-2H3. The summed E-state index contributed by atoms with van der Waals surface area (Å²) < 4.78 is 5.92. The van der Waals surface area contributed by atoms with E-state index in [1.165, 1.54) is 6.07 Å². The van der Waals surface area contributed by atoms with E-state index < -0.39 is 11.6 Å². The maximum absolute atomic E-state index is 11.8. The van der Waals surface area contributed by atoms with E-state index in [2.05, 4.69) is 5.32 Å². The molecule has 3 aromatic rings. The van der Waals surface area contributed by atoms with Crippen LogP contribution in [0.2, 0.25) is 0 Å². The third kappa shape index (κ3) is 4.15. The Balaban J connectivity index is 0.00000117. The highest BCUT2D eigenvalue weighted by atomic mass is 16.5. The van der Waals surface area contributed by atoms with Gasteiger partial charge >= 0.3 is 0 Å². The van der Waals surface area contributed by atoms with E-state index in [9.17, 15) is 15.3 Å². The van der Waals surface area contributed by atoms with Gasteiger partial charge in [0.15, 0.2) is 5.72 Å². The van der Waals surface area contributed by atoms with Gasteiger partial charge < -0.3 is 25.4 Å². The number of hydrogen-bond donors (Lipinski definition) is 4. The number of aryl methyl sites for hydroxylation is 1. The average Bonchev–Trinajstić information content (AvgIpc) is 2.87. The van der Waals surface area contributed by atoms with Crippen LogP contribution in [0.1, 0.15) is 36.5 Å². The first-order chi connectivity index (χ1) is 14.0. The Labute approximate surface area is 171 Å². The topological polar surface area (TPSA) is 82.0 Å². The number of aromatic hydroxyl groups is 2. The Morgan fingerprint density at radius 2 is 1.52 bits per heavy atom. The van der Waals surface area contributed by atoms with Crippen LogP contribution in [-0.2, 0) is 5.72 Å². The molecule has 0 aromatic heterocycles. The number of phenols is 2. The van der Waals surface area contributed by atoms with Crippen molar-refractivity contribution in [1.29, 1.82) is 0 Å². The molecule has 0 aliphatic carbocycles. The van der Waals surface area contributed by atoms with Crippen LogP contribution in [0, 0.1) is 6.92 Å². The Hall–Kier alpha value is -3.18. The van der Waals surface area contributed by atoms with Gasteiger partial charge in [-0.25, -0.2) is 0 Å². The minimum atomic E-state index is -1.44. The van der Waals surface area contributed by atoms with Crippen LogP contribution in [0.5, 0.6) is 17.2 Å². The Bertz CT molecular complexity index is 954. The maximum Gasteiger partial charge on any atom is 0.172 e. The van der Waals surface area contributed by atoms with E-state index in [1.807, 2.05) is 45.0 Å². The highest BCUT2D eigenvalue weighted by Crippen LogP contribution is 2.44. The van der Waals surface area contributed by atoms with E-state index in [-0.39, 0.29) is 18.1 Å². The second-order valence-corrected chi connectivity index (χ2v) is 6.89. The highest BCUT2D eigenvalue weighted by Gasteiger charge is 2.42. The summed E-state index contributed by atoms with van der Waals surface area (Å²) in [4.78, 5) is 0. The first-order valence-corrected chi connectivity index (χ1v) is 9.78. The molecule has 0 radical (unpaired) electrons. The molecule has 0 saturated heterocycles. The molecule has 0 spiro atoms. The fourth-order valence-corrected chi connectivity index (χ4v) is 3.44. The summed E-state index contributed by atoms with van der Waals surface area (Å²) in [6, 6.07) is 19.2. The second-order valence-electron chi connectivity index (χ2n) is 6.89. The summed E-state index contributed by atoms with van der Waals surface area (Å²) in [6.07, 6.45) is 0. The number of benzene rings is 3. The van der Waals surface area contributed by atoms with Crippen LogP contribution < -0.4 is 10.1 Å². The smallest absolute Gasteiger partial charge is 0.172 e. The molecule has 4 rings (SSSR count). The zero-order valence-electron chi connectivity index (χ0n) is 16.9. The summed E-state index contributed by atoms with van der Waals surface area (Å²) in [7, 11) is 0. The van der Waals surface area contributed by atoms with Gasteiger partial charge in [-0.05, 0) is 36.8 Å². The van der Waals surface area contributed by atoms with Gasteiger partial charge in [0.2, 0.25) is 0 Å². The number of phenolic OH excluding ortho intramolecular Hbond substituents is 2. The van der Waals surface area contributed by atoms with E-state index in [0.29, 0.717) is 17.0 Å². The molecule has 5 nitrogen and oxygen atoms in total. The zero-order chi connectivity index (χ0) is 21.0. The summed E-state index contributed by atoms with van der Waals surface area (Å²) in [6.45, 7) is 6.19. The van der Waals surface area contributed by atoms with Gasteiger partial charge in [0.1, 0.15) is 23.9 Å². The molecule has 1 heterocycles. The van der Waals surface area contributed by atoms with Crippen LogP contribution >= 0.6 is 0 Å². The number of ether oxygens (including phenoxy) is 1. The lowest BCUT2D eigenvalue weighted by Crippen LogP contribution is -2.42. The van der Waals surface area contributed by atoms with Gasteiger partial charge in [-0.3, -0.25) is 0 Å². The molecule has 0 fully saturated rings. The van der Waals surface area contributed by atoms with Crippen LogP contribution in [0.25, 0.3) is 0 Å². The predicted octanol–water partition coefficient (Wildman–Crippen LogP) is 4.87. The molecule has 0 amide bonds. The third-order valence-electron chi connectivity index (χ3n) is 4.99. The molecule has 0 saturated carbocycles. The van der Waals surface area contributed by atoms with Crippen molar-refractivity contribution in [2.45, 2.75) is 32.4 Å². The molecular formula is C24H27NO4. The first-order valence-electron chi connectivity index (χ1n) is 9.78. The van der Waals surface area contributed by atoms with E-state index >= 15 is 0 Å². The van der Waals surface area contributed by atoms with Crippen LogP contribution in [0.3, 0.4) is 0 Å². The third-order valence-corrected chi connectivity index (χ3v) is 4.99. The summed E-state index contributed by atoms with van der Waals surface area (Å²) >= 11 is 0. The normalized spacial score (nSPS) is 20.2. The van der Waals surface area contributed by atoms with E-state index in [0.717, 1.165) is 11.1 Å². The summed E-state index contributed by atoms with van der Waals surface area (Å²) in [5, 5.41) is 34.4. The predicted molar refractivity (Wildman–Crippen MR) is 114 cm³/mol. The van der Waals surface area contributed by atoms with Crippen molar-refractivity contribution in [3.8, 4) is 17.2 Å². The fraction of sp³-hybridized carbons (Fsp3) is 0.250. The molecule has 2 unspecified atom stereocenters. The number of aliphatic hydroxyl groups is 1. The van der Waals surface area contributed by atoms with Crippen molar-refractivity contribution >= 4 is 5.69 Å². The van der Waals surface area contributed by atoms with Crippen molar-refractivity contribution in [3.63, 3.8) is 0 Å². The monoisotopic (exact) mass is 393 g/mol. The zero-order valence-corrected chi connectivity index (χ0v) is 16.9. The lowest BCUT2D eigenvalue weighted by atomic mass is 9.83. The summed E-state index contributed by atoms with van der Waals surface area (Å²) in [5.41, 5.74) is 1.78. The second kappa shape index (κ2) is 8.45. The summed E-state index contributed by atoms with van der Waals surface area (Å²) in [5.74, 6) is 0.281.